The monoisotopic (exact) mass is 490 g/mol. The Hall–Kier alpha value is -3.50. The van der Waals surface area contributed by atoms with Crippen LogP contribution in [0.25, 0.3) is 11.0 Å². The van der Waals surface area contributed by atoms with Gasteiger partial charge in [-0.2, -0.15) is 0 Å². The van der Waals surface area contributed by atoms with Crippen molar-refractivity contribution < 1.29 is 24.4 Å². The number of aromatic nitrogens is 3. The number of benzene rings is 2. The molecule has 2 aromatic carbocycles. The van der Waals surface area contributed by atoms with Gasteiger partial charge in [0.15, 0.2) is 0 Å². The summed E-state index contributed by atoms with van der Waals surface area (Å²) in [7, 11) is 1.65. The number of aliphatic hydroxyl groups excluding tert-OH is 2. The lowest BCUT2D eigenvalue weighted by atomic mass is 9.97. The van der Waals surface area contributed by atoms with Gasteiger partial charge in [-0.05, 0) is 42.3 Å². The van der Waals surface area contributed by atoms with Crippen molar-refractivity contribution in [3.63, 3.8) is 0 Å². The van der Waals surface area contributed by atoms with E-state index in [1.807, 2.05) is 55.5 Å². The largest absolute Gasteiger partial charge is 0.457 e. The molecule has 1 unspecified atom stereocenters. The molecule has 1 aliphatic rings. The van der Waals surface area contributed by atoms with Crippen LogP contribution in [0.4, 0.5) is 5.82 Å². The second-order valence-corrected chi connectivity index (χ2v) is 8.92. The third kappa shape index (κ3) is 4.91. The molecular formula is C27H30N4O5. The first-order valence-electron chi connectivity index (χ1n) is 11.9. The van der Waals surface area contributed by atoms with Crippen LogP contribution in [0, 0.1) is 6.92 Å². The first-order chi connectivity index (χ1) is 17.6. The second kappa shape index (κ2) is 10.6. The fourth-order valence-corrected chi connectivity index (χ4v) is 4.66. The Labute approximate surface area is 209 Å². The molecular weight excluding hydrogens is 460 g/mol. The Kier molecular flexibility index (Phi) is 7.15. The van der Waals surface area contributed by atoms with Gasteiger partial charge >= 0.3 is 0 Å². The van der Waals surface area contributed by atoms with Crippen molar-refractivity contribution >= 4 is 16.9 Å². The minimum atomic E-state index is -0.907. The number of para-hydroxylation sites is 1. The summed E-state index contributed by atoms with van der Waals surface area (Å²) in [6.45, 7) is 2.26. The lowest BCUT2D eigenvalue weighted by Crippen LogP contribution is -2.47. The van der Waals surface area contributed by atoms with Gasteiger partial charge in [0.2, 0.25) is 0 Å². The zero-order valence-electron chi connectivity index (χ0n) is 20.2. The average Bonchev–Trinajstić information content (AvgIpc) is 3.34. The van der Waals surface area contributed by atoms with E-state index in [-0.39, 0.29) is 24.9 Å². The fourth-order valence-electron chi connectivity index (χ4n) is 4.66. The molecule has 188 valence electrons. The second-order valence-electron chi connectivity index (χ2n) is 8.92. The average molecular weight is 491 g/mol. The first kappa shape index (κ1) is 24.2. The minimum absolute atomic E-state index is 0.0486. The highest BCUT2D eigenvalue weighted by atomic mass is 16.5. The fraction of sp³-hybridized carbons (Fsp3) is 0.333. The molecule has 36 heavy (non-hydrogen) atoms. The summed E-state index contributed by atoms with van der Waals surface area (Å²) in [6, 6.07) is 15.0. The molecule has 0 radical (unpaired) electrons. The number of methoxy groups -OCH3 is 1. The van der Waals surface area contributed by atoms with Crippen molar-refractivity contribution in [3.8, 4) is 11.5 Å². The van der Waals surface area contributed by atoms with Gasteiger partial charge in [0, 0.05) is 25.3 Å². The third-order valence-electron chi connectivity index (χ3n) is 6.59. The van der Waals surface area contributed by atoms with Gasteiger partial charge in [0.1, 0.15) is 35.4 Å². The van der Waals surface area contributed by atoms with E-state index in [0.29, 0.717) is 41.2 Å². The molecule has 1 saturated heterocycles. The van der Waals surface area contributed by atoms with Crippen molar-refractivity contribution in [1.29, 1.82) is 0 Å². The number of aliphatic hydroxyl groups is 2. The van der Waals surface area contributed by atoms with Gasteiger partial charge in [0.05, 0.1) is 36.8 Å². The number of anilines is 1. The van der Waals surface area contributed by atoms with E-state index in [2.05, 4.69) is 20.3 Å². The number of aromatic amines is 1. The zero-order valence-corrected chi connectivity index (χ0v) is 20.2. The predicted molar refractivity (Wildman–Crippen MR) is 135 cm³/mol. The number of rotatable bonds is 8. The molecule has 4 aromatic rings. The van der Waals surface area contributed by atoms with Gasteiger partial charge in [-0.1, -0.05) is 24.3 Å². The minimum Gasteiger partial charge on any atom is -0.457 e. The Morgan fingerprint density at radius 2 is 1.97 bits per heavy atom. The lowest BCUT2D eigenvalue weighted by Gasteiger charge is -2.35. The summed E-state index contributed by atoms with van der Waals surface area (Å²) < 4.78 is 17.3. The van der Waals surface area contributed by atoms with E-state index in [1.54, 1.807) is 13.3 Å². The SMILES string of the molecule is CO[C@@H]1C[C@@H](CO)OC[C@@H]1Nc1ncnc2[nH]cc(C(O)c3ccc(Oc4ccccc4)cc3C)c12. The van der Waals surface area contributed by atoms with Crippen molar-refractivity contribution in [2.24, 2.45) is 0 Å². The molecule has 2 aromatic heterocycles. The quantitative estimate of drug-likeness (QED) is 0.295. The van der Waals surface area contributed by atoms with Crippen molar-refractivity contribution in [2.45, 2.75) is 37.7 Å². The highest BCUT2D eigenvalue weighted by Gasteiger charge is 2.32. The molecule has 9 nitrogen and oxygen atoms in total. The summed E-state index contributed by atoms with van der Waals surface area (Å²) >= 11 is 0. The molecule has 0 saturated carbocycles. The molecule has 0 amide bonds. The van der Waals surface area contributed by atoms with Crippen LogP contribution >= 0.6 is 0 Å². The maximum absolute atomic E-state index is 11.4. The number of nitrogens with one attached hydrogen (secondary N) is 2. The van der Waals surface area contributed by atoms with Crippen LogP contribution in [-0.2, 0) is 9.47 Å². The normalized spacial score (nSPS) is 20.8. The zero-order chi connectivity index (χ0) is 25.1. The summed E-state index contributed by atoms with van der Waals surface area (Å²) in [5.74, 6) is 2.03. The molecule has 5 rings (SSSR count). The van der Waals surface area contributed by atoms with Gasteiger partial charge in [-0.3, -0.25) is 0 Å². The topological polar surface area (TPSA) is 122 Å². The maximum Gasteiger partial charge on any atom is 0.143 e. The van der Waals surface area contributed by atoms with Crippen molar-refractivity contribution in [1.82, 2.24) is 15.0 Å². The number of hydrogen-bond donors (Lipinski definition) is 4. The van der Waals surface area contributed by atoms with Gasteiger partial charge < -0.3 is 34.7 Å². The molecule has 1 aliphatic heterocycles. The molecule has 3 heterocycles. The van der Waals surface area contributed by atoms with E-state index in [4.69, 9.17) is 14.2 Å². The molecule has 9 heteroatoms. The molecule has 4 atom stereocenters. The van der Waals surface area contributed by atoms with Gasteiger partial charge in [0.25, 0.3) is 0 Å². The van der Waals surface area contributed by atoms with E-state index in [1.165, 1.54) is 6.33 Å². The van der Waals surface area contributed by atoms with E-state index in [0.717, 1.165) is 16.9 Å². The van der Waals surface area contributed by atoms with Crippen LogP contribution in [0.5, 0.6) is 11.5 Å². The standard InChI is InChI=1S/C27H30N4O5/c1-16-10-18(36-17-6-4-3-5-7-17)8-9-20(16)25(33)21-12-28-26-24(21)27(30-15-29-26)31-22-14-35-19(13-32)11-23(22)34-2/h3-10,12,15,19,22-23,25,32-33H,11,13-14H2,1-2H3,(H2,28,29,30,31)/t19-,22-,23+,25?/m0/s1. The highest BCUT2D eigenvalue weighted by molar-refractivity contribution is 5.91. The van der Waals surface area contributed by atoms with Crippen LogP contribution < -0.4 is 10.1 Å². The van der Waals surface area contributed by atoms with Gasteiger partial charge in [-0.25, -0.2) is 9.97 Å². The summed E-state index contributed by atoms with van der Waals surface area (Å²) in [5.41, 5.74) is 2.92. The van der Waals surface area contributed by atoms with Gasteiger partial charge in [-0.15, -0.1) is 0 Å². The van der Waals surface area contributed by atoms with E-state index >= 15 is 0 Å². The van der Waals surface area contributed by atoms with Crippen LogP contribution in [0.1, 0.15) is 29.2 Å². The Bertz CT molecular complexity index is 1310. The van der Waals surface area contributed by atoms with Crippen molar-refractivity contribution in [2.75, 3.05) is 25.6 Å². The summed E-state index contributed by atoms with van der Waals surface area (Å²) in [5, 5.41) is 25.0. The number of aryl methyl sites for hydroxylation is 1. The Balaban J connectivity index is 1.41. The number of ether oxygens (including phenoxy) is 3. The van der Waals surface area contributed by atoms with Crippen molar-refractivity contribution in [3.05, 3.63) is 77.7 Å². The first-order valence-corrected chi connectivity index (χ1v) is 11.9. The van der Waals surface area contributed by atoms with Crippen LogP contribution in [0.3, 0.4) is 0 Å². The third-order valence-corrected chi connectivity index (χ3v) is 6.59. The Morgan fingerprint density at radius 3 is 2.72 bits per heavy atom. The molecule has 1 fully saturated rings. The molecule has 0 spiro atoms. The van der Waals surface area contributed by atoms with E-state index in [9.17, 15) is 10.2 Å². The number of hydrogen-bond acceptors (Lipinski definition) is 8. The van der Waals surface area contributed by atoms with Crippen LogP contribution in [0.2, 0.25) is 0 Å². The van der Waals surface area contributed by atoms with Crippen LogP contribution in [0.15, 0.2) is 61.1 Å². The highest BCUT2D eigenvalue weighted by Crippen LogP contribution is 2.35. The number of H-pyrrole nitrogens is 1. The van der Waals surface area contributed by atoms with Crippen LogP contribution in [-0.4, -0.2) is 63.7 Å². The lowest BCUT2D eigenvalue weighted by molar-refractivity contribution is -0.0831. The summed E-state index contributed by atoms with van der Waals surface area (Å²) in [6.07, 6.45) is 2.48. The number of fused-ring (bicyclic) bond motifs is 1. The maximum atomic E-state index is 11.4. The smallest absolute Gasteiger partial charge is 0.143 e. The number of nitrogens with zero attached hydrogens (tertiary/aromatic N) is 2. The Morgan fingerprint density at radius 1 is 1.14 bits per heavy atom. The van der Waals surface area contributed by atoms with E-state index < -0.39 is 6.10 Å². The molecule has 0 bridgehead atoms. The molecule has 4 N–H and O–H groups in total. The summed E-state index contributed by atoms with van der Waals surface area (Å²) in [4.78, 5) is 12.0. The predicted octanol–water partition coefficient (Wildman–Crippen LogP) is 3.72. The molecule has 0 aliphatic carbocycles.